The molecule has 0 bridgehead atoms. The first-order chi connectivity index (χ1) is 9.28. The van der Waals surface area contributed by atoms with Crippen molar-refractivity contribution in [1.82, 2.24) is 0 Å². The normalized spacial score (nSPS) is 10.0. The highest BCUT2D eigenvalue weighted by Gasteiger charge is 1.96. The van der Waals surface area contributed by atoms with Gasteiger partial charge in [0.1, 0.15) is 23.9 Å². The molecule has 0 aliphatic carbocycles. The van der Waals surface area contributed by atoms with Crippen molar-refractivity contribution in [3.8, 4) is 11.5 Å². The predicted octanol–water partition coefficient (Wildman–Crippen LogP) is 3.33. The Labute approximate surface area is 112 Å². The average Bonchev–Trinajstić information content (AvgIpc) is 2.46. The van der Waals surface area contributed by atoms with E-state index in [1.807, 2.05) is 24.3 Å². The Morgan fingerprint density at radius 1 is 0.947 bits per heavy atom. The van der Waals surface area contributed by atoms with E-state index in [-0.39, 0.29) is 5.82 Å². The first-order valence-corrected chi connectivity index (χ1v) is 6.04. The highest BCUT2D eigenvalue weighted by Crippen LogP contribution is 2.16. The standard InChI is InChI=1S/C15H16FNO2/c1-18-14-6-8-15(9-7-14)19-11-10-17-13-4-2-12(16)3-5-13/h2-9,17H,10-11H2,1H3. The van der Waals surface area contributed by atoms with Gasteiger partial charge in [-0.3, -0.25) is 0 Å². The number of hydrogen-bond donors (Lipinski definition) is 1. The molecule has 3 nitrogen and oxygen atoms in total. The third kappa shape index (κ3) is 4.17. The lowest BCUT2D eigenvalue weighted by molar-refractivity contribution is 0.332. The van der Waals surface area contributed by atoms with Gasteiger partial charge < -0.3 is 14.8 Å². The van der Waals surface area contributed by atoms with E-state index in [0.29, 0.717) is 13.2 Å². The molecule has 0 saturated heterocycles. The summed E-state index contributed by atoms with van der Waals surface area (Å²) in [4.78, 5) is 0. The molecule has 1 N–H and O–H groups in total. The van der Waals surface area contributed by atoms with E-state index < -0.39 is 0 Å². The summed E-state index contributed by atoms with van der Waals surface area (Å²) >= 11 is 0. The summed E-state index contributed by atoms with van der Waals surface area (Å²) in [6, 6.07) is 13.7. The highest BCUT2D eigenvalue weighted by atomic mass is 19.1. The SMILES string of the molecule is COc1ccc(OCCNc2ccc(F)cc2)cc1. The number of hydrogen-bond acceptors (Lipinski definition) is 3. The van der Waals surface area contributed by atoms with Crippen LogP contribution in [0.3, 0.4) is 0 Å². The van der Waals surface area contributed by atoms with E-state index >= 15 is 0 Å². The Balaban J connectivity index is 1.72. The molecule has 0 amide bonds. The zero-order chi connectivity index (χ0) is 13.5. The van der Waals surface area contributed by atoms with Gasteiger partial charge in [-0.25, -0.2) is 4.39 Å². The quantitative estimate of drug-likeness (QED) is 0.809. The average molecular weight is 261 g/mol. The molecular weight excluding hydrogens is 245 g/mol. The molecule has 0 atom stereocenters. The van der Waals surface area contributed by atoms with Crippen molar-refractivity contribution in [2.45, 2.75) is 0 Å². The molecular formula is C15H16FNO2. The molecule has 4 heteroatoms. The Bertz CT molecular complexity index is 497. The van der Waals surface area contributed by atoms with Crippen LogP contribution in [0.1, 0.15) is 0 Å². The summed E-state index contributed by atoms with van der Waals surface area (Å²) < 4.78 is 23.3. The van der Waals surface area contributed by atoms with Gasteiger partial charge in [0.15, 0.2) is 0 Å². The van der Waals surface area contributed by atoms with Crippen LogP contribution in [-0.4, -0.2) is 20.3 Å². The number of anilines is 1. The van der Waals surface area contributed by atoms with E-state index in [2.05, 4.69) is 5.32 Å². The zero-order valence-corrected chi connectivity index (χ0v) is 10.7. The van der Waals surface area contributed by atoms with Gasteiger partial charge in [-0.1, -0.05) is 0 Å². The van der Waals surface area contributed by atoms with Crippen molar-refractivity contribution in [3.63, 3.8) is 0 Å². The Morgan fingerprint density at radius 2 is 1.58 bits per heavy atom. The molecule has 0 saturated carbocycles. The number of rotatable bonds is 6. The van der Waals surface area contributed by atoms with Gasteiger partial charge in [0.25, 0.3) is 0 Å². The fourth-order valence-electron chi connectivity index (χ4n) is 1.60. The van der Waals surface area contributed by atoms with Crippen LogP contribution in [-0.2, 0) is 0 Å². The van der Waals surface area contributed by atoms with Crippen molar-refractivity contribution in [2.75, 3.05) is 25.6 Å². The topological polar surface area (TPSA) is 30.5 Å². The smallest absolute Gasteiger partial charge is 0.123 e. The molecule has 0 radical (unpaired) electrons. The second kappa shape index (κ2) is 6.64. The van der Waals surface area contributed by atoms with Crippen molar-refractivity contribution >= 4 is 5.69 Å². The van der Waals surface area contributed by atoms with Crippen molar-refractivity contribution in [2.24, 2.45) is 0 Å². The molecule has 2 aromatic carbocycles. The lowest BCUT2D eigenvalue weighted by atomic mass is 10.3. The summed E-state index contributed by atoms with van der Waals surface area (Å²) in [5.74, 6) is 1.36. The minimum absolute atomic E-state index is 0.236. The number of ether oxygens (including phenoxy) is 2. The van der Waals surface area contributed by atoms with Gasteiger partial charge >= 0.3 is 0 Å². The van der Waals surface area contributed by atoms with Crippen molar-refractivity contribution in [1.29, 1.82) is 0 Å². The maximum absolute atomic E-state index is 12.7. The van der Waals surface area contributed by atoms with E-state index in [1.165, 1.54) is 12.1 Å². The third-order valence-corrected chi connectivity index (χ3v) is 2.60. The summed E-state index contributed by atoms with van der Waals surface area (Å²) in [6.45, 7) is 1.18. The van der Waals surface area contributed by atoms with Crippen LogP contribution < -0.4 is 14.8 Å². The molecule has 0 aliphatic heterocycles. The Kier molecular flexibility index (Phi) is 4.61. The van der Waals surface area contributed by atoms with Crippen molar-refractivity contribution < 1.29 is 13.9 Å². The monoisotopic (exact) mass is 261 g/mol. The van der Waals surface area contributed by atoms with Gasteiger partial charge in [-0.2, -0.15) is 0 Å². The maximum Gasteiger partial charge on any atom is 0.123 e. The van der Waals surface area contributed by atoms with Gasteiger partial charge in [-0.15, -0.1) is 0 Å². The van der Waals surface area contributed by atoms with E-state index in [0.717, 1.165) is 17.2 Å². The molecule has 19 heavy (non-hydrogen) atoms. The van der Waals surface area contributed by atoms with Gasteiger partial charge in [0.2, 0.25) is 0 Å². The second-order valence-corrected chi connectivity index (χ2v) is 3.96. The molecule has 0 aromatic heterocycles. The van der Waals surface area contributed by atoms with Crippen LogP contribution >= 0.6 is 0 Å². The summed E-state index contributed by atoms with van der Waals surface area (Å²) in [5.41, 5.74) is 0.875. The van der Waals surface area contributed by atoms with Crippen molar-refractivity contribution in [3.05, 3.63) is 54.3 Å². The Hall–Kier alpha value is -2.23. The van der Waals surface area contributed by atoms with E-state index in [1.54, 1.807) is 19.2 Å². The van der Waals surface area contributed by atoms with E-state index in [9.17, 15) is 4.39 Å². The lowest BCUT2D eigenvalue weighted by Gasteiger charge is -2.09. The van der Waals surface area contributed by atoms with Crippen LogP contribution in [0.5, 0.6) is 11.5 Å². The minimum atomic E-state index is -0.236. The molecule has 0 fully saturated rings. The van der Waals surface area contributed by atoms with Gasteiger partial charge in [-0.05, 0) is 48.5 Å². The fourth-order valence-corrected chi connectivity index (χ4v) is 1.60. The number of nitrogens with one attached hydrogen (secondary N) is 1. The largest absolute Gasteiger partial charge is 0.497 e. The third-order valence-electron chi connectivity index (χ3n) is 2.60. The fraction of sp³-hybridized carbons (Fsp3) is 0.200. The molecule has 0 unspecified atom stereocenters. The van der Waals surface area contributed by atoms with Crippen LogP contribution in [0.2, 0.25) is 0 Å². The number of halogens is 1. The first kappa shape index (κ1) is 13.2. The molecule has 2 rings (SSSR count). The van der Waals surface area contributed by atoms with Crippen LogP contribution in [0.15, 0.2) is 48.5 Å². The predicted molar refractivity (Wildman–Crippen MR) is 73.4 cm³/mol. The van der Waals surface area contributed by atoms with Crippen LogP contribution in [0.25, 0.3) is 0 Å². The second-order valence-electron chi connectivity index (χ2n) is 3.96. The van der Waals surface area contributed by atoms with Gasteiger partial charge in [0, 0.05) is 12.2 Å². The minimum Gasteiger partial charge on any atom is -0.497 e. The maximum atomic E-state index is 12.7. The summed E-state index contributed by atoms with van der Waals surface area (Å²) in [6.07, 6.45) is 0. The lowest BCUT2D eigenvalue weighted by Crippen LogP contribution is -2.11. The highest BCUT2D eigenvalue weighted by molar-refractivity contribution is 5.42. The summed E-state index contributed by atoms with van der Waals surface area (Å²) in [7, 11) is 1.63. The summed E-state index contributed by atoms with van der Waals surface area (Å²) in [5, 5.41) is 3.15. The van der Waals surface area contributed by atoms with Gasteiger partial charge in [0.05, 0.1) is 7.11 Å². The molecule has 2 aromatic rings. The zero-order valence-electron chi connectivity index (χ0n) is 10.7. The first-order valence-electron chi connectivity index (χ1n) is 6.04. The molecule has 0 spiro atoms. The Morgan fingerprint density at radius 3 is 2.21 bits per heavy atom. The molecule has 0 aliphatic rings. The molecule has 100 valence electrons. The number of methoxy groups -OCH3 is 1. The number of benzene rings is 2. The van der Waals surface area contributed by atoms with Crippen LogP contribution in [0, 0.1) is 5.82 Å². The van der Waals surface area contributed by atoms with Crippen LogP contribution in [0.4, 0.5) is 10.1 Å². The molecule has 0 heterocycles. The van der Waals surface area contributed by atoms with E-state index in [4.69, 9.17) is 9.47 Å².